The Kier molecular flexibility index (Phi) is 7.32. The second-order valence-corrected chi connectivity index (χ2v) is 5.87. The number of nitrogens with one attached hydrogen (secondary N) is 1. The Labute approximate surface area is 149 Å². The van der Waals surface area contributed by atoms with E-state index in [1.807, 2.05) is 51.2 Å². The van der Waals surface area contributed by atoms with Gasteiger partial charge in [0.05, 0.1) is 12.2 Å². The van der Waals surface area contributed by atoms with Gasteiger partial charge in [0.1, 0.15) is 18.1 Å². The minimum Gasteiger partial charge on any atom is -0.492 e. The van der Waals surface area contributed by atoms with E-state index >= 15 is 0 Å². The van der Waals surface area contributed by atoms with Gasteiger partial charge in [-0.05, 0) is 39.3 Å². The molecule has 1 heterocycles. The van der Waals surface area contributed by atoms with Crippen LogP contribution in [0.15, 0.2) is 39.8 Å². The molecular weight excluding hydrogens is 316 g/mol. The molecule has 0 aliphatic carbocycles. The number of aryl methyl sites for hydroxylation is 2. The third-order valence-electron chi connectivity index (χ3n) is 3.94. The lowest BCUT2D eigenvalue weighted by Crippen LogP contribution is -2.41. The number of ether oxygens (including phenoxy) is 1. The Balaban J connectivity index is 1.85. The Morgan fingerprint density at radius 1 is 1.28 bits per heavy atom. The van der Waals surface area contributed by atoms with Gasteiger partial charge in [-0.2, -0.15) is 0 Å². The van der Waals surface area contributed by atoms with Crippen LogP contribution in [0.1, 0.15) is 23.9 Å². The first-order chi connectivity index (χ1) is 12.1. The van der Waals surface area contributed by atoms with Crippen molar-refractivity contribution in [2.45, 2.75) is 27.2 Å². The summed E-state index contributed by atoms with van der Waals surface area (Å²) in [4.78, 5) is 6.79. The summed E-state index contributed by atoms with van der Waals surface area (Å²) in [5.41, 5.74) is 2.09. The average molecular weight is 344 g/mol. The van der Waals surface area contributed by atoms with Gasteiger partial charge < -0.3 is 19.5 Å². The van der Waals surface area contributed by atoms with Crippen LogP contribution < -0.4 is 10.1 Å². The molecular formula is C19H28N4O2. The normalized spacial score (nSPS) is 11.4. The highest BCUT2D eigenvalue weighted by Gasteiger charge is 2.09. The number of guanidine groups is 1. The Morgan fingerprint density at radius 3 is 2.68 bits per heavy atom. The Hall–Kier alpha value is -2.50. The lowest BCUT2D eigenvalue weighted by atomic mass is 10.1. The summed E-state index contributed by atoms with van der Waals surface area (Å²) in [6.45, 7) is 8.85. The van der Waals surface area contributed by atoms with Gasteiger partial charge in [-0.1, -0.05) is 23.4 Å². The highest BCUT2D eigenvalue weighted by molar-refractivity contribution is 5.79. The van der Waals surface area contributed by atoms with Gasteiger partial charge in [0.15, 0.2) is 5.96 Å². The molecule has 0 radical (unpaired) electrons. The molecule has 0 spiro atoms. The van der Waals surface area contributed by atoms with Crippen molar-refractivity contribution in [2.75, 3.05) is 33.3 Å². The van der Waals surface area contributed by atoms with E-state index in [1.165, 1.54) is 0 Å². The Bertz CT molecular complexity index is 648. The molecule has 0 unspecified atom stereocenters. The van der Waals surface area contributed by atoms with Gasteiger partial charge in [0.2, 0.25) is 0 Å². The van der Waals surface area contributed by atoms with E-state index in [2.05, 4.69) is 22.3 Å². The summed E-state index contributed by atoms with van der Waals surface area (Å²) in [7, 11) is 2.02. The zero-order valence-electron chi connectivity index (χ0n) is 15.6. The van der Waals surface area contributed by atoms with Crippen molar-refractivity contribution in [1.82, 2.24) is 15.4 Å². The van der Waals surface area contributed by atoms with Crippen molar-refractivity contribution in [3.63, 3.8) is 0 Å². The second kappa shape index (κ2) is 9.71. The topological polar surface area (TPSA) is 62.9 Å². The smallest absolute Gasteiger partial charge is 0.193 e. The van der Waals surface area contributed by atoms with E-state index in [1.54, 1.807) is 0 Å². The number of hydrogen-bond donors (Lipinski definition) is 1. The largest absolute Gasteiger partial charge is 0.492 e. The number of aliphatic imine (C=N–C) groups is 1. The number of likely N-dealkylation sites (N-methyl/N-ethyl adjacent to an activating group) is 1. The van der Waals surface area contributed by atoms with Crippen LogP contribution in [0.3, 0.4) is 0 Å². The van der Waals surface area contributed by atoms with Gasteiger partial charge in [0.25, 0.3) is 0 Å². The summed E-state index contributed by atoms with van der Waals surface area (Å²) >= 11 is 0. The van der Waals surface area contributed by atoms with E-state index in [-0.39, 0.29) is 0 Å². The van der Waals surface area contributed by atoms with Crippen molar-refractivity contribution in [1.29, 1.82) is 0 Å². The molecule has 2 rings (SSSR count). The monoisotopic (exact) mass is 344 g/mol. The van der Waals surface area contributed by atoms with E-state index in [9.17, 15) is 0 Å². The molecule has 0 saturated heterocycles. The Morgan fingerprint density at radius 2 is 2.04 bits per heavy atom. The quantitative estimate of drug-likeness (QED) is 0.589. The zero-order chi connectivity index (χ0) is 18.1. The fourth-order valence-corrected chi connectivity index (χ4v) is 2.53. The first-order valence-electron chi connectivity index (χ1n) is 8.70. The van der Waals surface area contributed by atoms with Gasteiger partial charge in [-0.25, -0.2) is 0 Å². The van der Waals surface area contributed by atoms with Gasteiger partial charge in [0, 0.05) is 25.7 Å². The molecule has 0 fully saturated rings. The van der Waals surface area contributed by atoms with E-state index in [0.29, 0.717) is 13.2 Å². The number of nitrogens with zero attached hydrogens (tertiary/aromatic N) is 3. The van der Waals surface area contributed by atoms with Gasteiger partial charge in [-0.3, -0.25) is 4.99 Å². The van der Waals surface area contributed by atoms with Crippen LogP contribution in [0.4, 0.5) is 0 Å². The molecule has 136 valence electrons. The maximum Gasteiger partial charge on any atom is 0.193 e. The molecule has 0 bridgehead atoms. The molecule has 25 heavy (non-hydrogen) atoms. The van der Waals surface area contributed by atoms with Crippen LogP contribution in [-0.2, 0) is 6.42 Å². The van der Waals surface area contributed by atoms with E-state index in [0.717, 1.165) is 48.2 Å². The molecule has 0 atom stereocenters. The summed E-state index contributed by atoms with van der Waals surface area (Å²) < 4.78 is 11.0. The summed E-state index contributed by atoms with van der Waals surface area (Å²) in [5, 5.41) is 7.31. The third-order valence-corrected chi connectivity index (χ3v) is 3.94. The fourth-order valence-electron chi connectivity index (χ4n) is 2.53. The molecule has 0 aliphatic rings. The standard InChI is InChI=1S/C19H28N4O2/c1-5-20-19(21-12-11-18-15(2)22-25-16(18)3)23(4)13-14-24-17-9-7-6-8-10-17/h6-10H,5,11-14H2,1-4H3,(H,20,21). The molecule has 0 aliphatic heterocycles. The predicted octanol–water partition coefficient (Wildman–Crippen LogP) is 2.81. The van der Waals surface area contributed by atoms with Crippen LogP contribution in [-0.4, -0.2) is 49.3 Å². The lowest BCUT2D eigenvalue weighted by molar-refractivity contribution is 0.281. The van der Waals surface area contributed by atoms with Gasteiger partial charge >= 0.3 is 0 Å². The van der Waals surface area contributed by atoms with Gasteiger partial charge in [-0.15, -0.1) is 0 Å². The molecule has 1 aromatic carbocycles. The first-order valence-corrected chi connectivity index (χ1v) is 8.70. The number of para-hydroxylation sites is 1. The SMILES string of the molecule is CCNC(=NCCc1c(C)noc1C)N(C)CCOc1ccccc1. The van der Waals surface area contributed by atoms with Crippen molar-refractivity contribution in [3.05, 3.63) is 47.3 Å². The van der Waals surface area contributed by atoms with E-state index in [4.69, 9.17) is 14.3 Å². The van der Waals surface area contributed by atoms with Crippen LogP contribution in [0.25, 0.3) is 0 Å². The summed E-state index contributed by atoms with van der Waals surface area (Å²) in [6, 6.07) is 9.85. The van der Waals surface area contributed by atoms with Crippen LogP contribution in [0.2, 0.25) is 0 Å². The maximum atomic E-state index is 5.75. The number of hydrogen-bond acceptors (Lipinski definition) is 4. The molecule has 1 N–H and O–H groups in total. The molecule has 1 aromatic heterocycles. The second-order valence-electron chi connectivity index (χ2n) is 5.87. The van der Waals surface area contributed by atoms with Crippen LogP contribution in [0, 0.1) is 13.8 Å². The van der Waals surface area contributed by atoms with Crippen molar-refractivity contribution in [2.24, 2.45) is 4.99 Å². The summed E-state index contributed by atoms with van der Waals surface area (Å²) in [5.74, 6) is 2.64. The van der Waals surface area contributed by atoms with Crippen molar-refractivity contribution >= 4 is 5.96 Å². The predicted molar refractivity (Wildman–Crippen MR) is 100 cm³/mol. The number of aromatic nitrogens is 1. The molecule has 6 nitrogen and oxygen atoms in total. The third kappa shape index (κ3) is 5.81. The van der Waals surface area contributed by atoms with Crippen LogP contribution >= 0.6 is 0 Å². The highest BCUT2D eigenvalue weighted by Crippen LogP contribution is 2.12. The fraction of sp³-hybridized carbons (Fsp3) is 0.474. The number of benzene rings is 1. The van der Waals surface area contributed by atoms with Crippen LogP contribution in [0.5, 0.6) is 5.75 Å². The maximum absolute atomic E-state index is 5.75. The van der Waals surface area contributed by atoms with E-state index < -0.39 is 0 Å². The highest BCUT2D eigenvalue weighted by atomic mass is 16.5. The van der Waals surface area contributed by atoms with Crippen molar-refractivity contribution in [3.8, 4) is 5.75 Å². The minimum atomic E-state index is 0.606. The molecule has 0 saturated carbocycles. The number of rotatable bonds is 8. The minimum absolute atomic E-state index is 0.606. The molecule has 6 heteroatoms. The molecule has 2 aromatic rings. The lowest BCUT2D eigenvalue weighted by Gasteiger charge is -2.22. The zero-order valence-corrected chi connectivity index (χ0v) is 15.6. The van der Waals surface area contributed by atoms with Crippen molar-refractivity contribution < 1.29 is 9.26 Å². The summed E-state index contributed by atoms with van der Waals surface area (Å²) in [6.07, 6.45) is 0.824. The average Bonchev–Trinajstić information content (AvgIpc) is 2.93. The first kappa shape index (κ1) is 18.8. The molecule has 0 amide bonds.